The summed E-state index contributed by atoms with van der Waals surface area (Å²) in [5.41, 5.74) is 0. The van der Waals surface area contributed by atoms with E-state index in [4.69, 9.17) is 0 Å². The number of rotatable bonds is 3. The van der Waals surface area contributed by atoms with E-state index < -0.39 is 21.2 Å². The Kier molecular flexibility index (Phi) is 6.01. The van der Waals surface area contributed by atoms with Gasteiger partial charge in [-0.25, -0.2) is 0 Å². The maximum absolute atomic E-state index is 10.7. The Balaban J connectivity index is 0.00000196. The Hall–Kier alpha value is 0.0800. The van der Waals surface area contributed by atoms with Crippen molar-refractivity contribution >= 4 is 21.2 Å². The first-order valence-electron chi connectivity index (χ1n) is 3.47. The normalized spacial score (nSPS) is 12.7. The topological polar surface area (TPSA) is 83.5 Å². The number of benzene rings is 1. The van der Waals surface area contributed by atoms with Crippen LogP contribution in [0.15, 0.2) is 29.2 Å². The summed E-state index contributed by atoms with van der Waals surface area (Å²) in [6.07, 6.45) is 0.883. The average Bonchev–Trinajstić information content (AvgIpc) is 2.01. The molecule has 0 N–H and O–H groups in total. The minimum Gasteiger partial charge on any atom is -0.768 e. The van der Waals surface area contributed by atoms with E-state index in [1.165, 1.54) is 18.2 Å². The van der Waals surface area contributed by atoms with Crippen LogP contribution in [0.2, 0.25) is 0 Å². The Labute approximate surface area is 113 Å². The molecule has 1 atom stereocenters. The summed E-state index contributed by atoms with van der Waals surface area (Å²) in [6, 6.07) is 5.21. The average molecular weight is 258 g/mol. The second kappa shape index (κ2) is 5.97. The van der Waals surface area contributed by atoms with E-state index in [1.54, 1.807) is 0 Å². The first-order chi connectivity index (χ1) is 6.38. The molecule has 0 fully saturated rings. The van der Waals surface area contributed by atoms with E-state index in [0.29, 0.717) is 0 Å². The summed E-state index contributed by atoms with van der Waals surface area (Å²) in [5, 5.41) is 0. The monoisotopic (exact) mass is 258 g/mol. The Bertz CT molecular complexity index is 456. The molecule has 0 spiro atoms. The molecule has 1 aromatic rings. The molecule has 0 radical (unpaired) electrons. The van der Waals surface area contributed by atoms with Crippen molar-refractivity contribution in [3.8, 4) is 5.75 Å². The minimum absolute atomic E-state index is 0. The van der Waals surface area contributed by atoms with E-state index in [9.17, 15) is 17.2 Å². The molecule has 1 aromatic carbocycles. The molecule has 0 aliphatic rings. The van der Waals surface area contributed by atoms with Crippen molar-refractivity contribution in [3.63, 3.8) is 0 Å². The van der Waals surface area contributed by atoms with E-state index in [2.05, 4.69) is 4.18 Å². The van der Waals surface area contributed by atoms with Crippen molar-refractivity contribution in [3.05, 3.63) is 24.3 Å². The molecule has 78 valence electrons. The molecule has 0 saturated heterocycles. The molecule has 0 aromatic heterocycles. The van der Waals surface area contributed by atoms with Gasteiger partial charge in [-0.3, -0.25) is 4.21 Å². The van der Waals surface area contributed by atoms with Gasteiger partial charge in [-0.2, -0.15) is 8.42 Å². The van der Waals surface area contributed by atoms with Crippen LogP contribution in [-0.4, -0.2) is 23.4 Å². The largest absolute Gasteiger partial charge is 1.00 e. The van der Waals surface area contributed by atoms with Gasteiger partial charge >= 0.3 is 39.7 Å². The van der Waals surface area contributed by atoms with Crippen LogP contribution in [0.3, 0.4) is 0 Å². The molecule has 0 bridgehead atoms. The molecule has 0 aliphatic heterocycles. The molecule has 0 amide bonds. The predicted octanol–water partition coefficient (Wildman–Crippen LogP) is -2.73. The molecular weight excluding hydrogens is 251 g/mol. The van der Waals surface area contributed by atoms with Gasteiger partial charge in [0.05, 0.1) is 6.26 Å². The Morgan fingerprint density at radius 1 is 1.40 bits per heavy atom. The van der Waals surface area contributed by atoms with Crippen molar-refractivity contribution in [1.82, 2.24) is 0 Å². The third-order valence-electron chi connectivity index (χ3n) is 1.25. The predicted molar refractivity (Wildman–Crippen MR) is 49.1 cm³/mol. The van der Waals surface area contributed by atoms with Crippen LogP contribution in [0.5, 0.6) is 5.75 Å². The molecule has 1 rings (SSSR count). The van der Waals surface area contributed by atoms with Crippen LogP contribution < -0.4 is 33.7 Å². The van der Waals surface area contributed by atoms with E-state index >= 15 is 0 Å². The zero-order valence-electron chi connectivity index (χ0n) is 8.17. The second-order valence-electron chi connectivity index (χ2n) is 2.50. The first-order valence-corrected chi connectivity index (χ1v) is 6.36. The third-order valence-corrected chi connectivity index (χ3v) is 2.38. The van der Waals surface area contributed by atoms with E-state index in [-0.39, 0.29) is 40.2 Å². The van der Waals surface area contributed by atoms with Gasteiger partial charge in [-0.1, -0.05) is 6.07 Å². The van der Waals surface area contributed by atoms with Crippen LogP contribution in [0.4, 0.5) is 0 Å². The fourth-order valence-electron chi connectivity index (χ4n) is 0.805. The van der Waals surface area contributed by atoms with Crippen molar-refractivity contribution in [2.45, 2.75) is 4.90 Å². The first kappa shape index (κ1) is 15.1. The number of hydrogen-bond acceptors (Lipinski definition) is 5. The zero-order chi connectivity index (χ0) is 10.8. The van der Waals surface area contributed by atoms with Gasteiger partial charge in [0.15, 0.2) is 0 Å². The molecule has 0 saturated carbocycles. The van der Waals surface area contributed by atoms with Gasteiger partial charge < -0.3 is 8.74 Å². The summed E-state index contributed by atoms with van der Waals surface area (Å²) < 4.78 is 46.9. The van der Waals surface area contributed by atoms with Gasteiger partial charge in [0.25, 0.3) is 0 Å². The van der Waals surface area contributed by atoms with Crippen LogP contribution in [-0.2, 0) is 21.2 Å². The molecule has 0 aliphatic carbocycles. The second-order valence-corrected chi connectivity index (χ2v) is 5.01. The van der Waals surface area contributed by atoms with Crippen LogP contribution >= 0.6 is 0 Å². The van der Waals surface area contributed by atoms with Gasteiger partial charge in [0.1, 0.15) is 5.75 Å². The SMILES string of the molecule is CS(=O)(=O)Oc1cccc(S(=O)[O-])c1.[Na+]. The fourth-order valence-corrected chi connectivity index (χ4v) is 1.66. The summed E-state index contributed by atoms with van der Waals surface area (Å²) in [6.45, 7) is 0. The standard InChI is InChI=1S/C7H8O5S2.Na/c1-14(10,11)12-6-3-2-4-7(5-6)13(8)9;/h2-5H,1H3,(H,8,9);/q;+1/p-1. The molecule has 5 nitrogen and oxygen atoms in total. The van der Waals surface area contributed by atoms with Gasteiger partial charge in [0, 0.05) is 4.90 Å². The third kappa shape index (κ3) is 5.64. The maximum Gasteiger partial charge on any atom is 1.00 e. The van der Waals surface area contributed by atoms with Crippen LogP contribution in [0.25, 0.3) is 0 Å². The van der Waals surface area contributed by atoms with Crippen molar-refractivity contribution in [1.29, 1.82) is 0 Å². The Morgan fingerprint density at radius 2 is 2.00 bits per heavy atom. The number of hydrogen-bond donors (Lipinski definition) is 0. The maximum atomic E-state index is 10.7. The Morgan fingerprint density at radius 3 is 2.47 bits per heavy atom. The van der Waals surface area contributed by atoms with E-state index in [0.717, 1.165) is 12.3 Å². The summed E-state index contributed by atoms with van der Waals surface area (Å²) in [5.74, 6) is -0.0193. The summed E-state index contributed by atoms with van der Waals surface area (Å²) in [7, 11) is -3.62. The molecule has 8 heteroatoms. The zero-order valence-corrected chi connectivity index (χ0v) is 11.8. The van der Waals surface area contributed by atoms with Gasteiger partial charge in [-0.15, -0.1) is 0 Å². The van der Waals surface area contributed by atoms with Gasteiger partial charge in [-0.05, 0) is 29.3 Å². The van der Waals surface area contributed by atoms with Crippen LogP contribution in [0, 0.1) is 0 Å². The molecule has 15 heavy (non-hydrogen) atoms. The van der Waals surface area contributed by atoms with Crippen LogP contribution in [0.1, 0.15) is 0 Å². The molecular formula is C7H7NaO5S2. The van der Waals surface area contributed by atoms with E-state index in [1.807, 2.05) is 0 Å². The smallest absolute Gasteiger partial charge is 0.768 e. The summed E-state index contributed by atoms with van der Waals surface area (Å²) >= 11 is -2.39. The van der Waals surface area contributed by atoms with Crippen molar-refractivity contribution in [2.24, 2.45) is 0 Å². The fraction of sp³-hybridized carbons (Fsp3) is 0.143. The molecule has 1 unspecified atom stereocenters. The van der Waals surface area contributed by atoms with Crippen molar-refractivity contribution < 1.29 is 50.9 Å². The molecule has 0 heterocycles. The van der Waals surface area contributed by atoms with Crippen molar-refractivity contribution in [2.75, 3.05) is 6.26 Å². The minimum atomic E-state index is -3.62. The quantitative estimate of drug-likeness (QED) is 0.334. The summed E-state index contributed by atoms with van der Waals surface area (Å²) in [4.78, 5) is -0.0221. The van der Waals surface area contributed by atoms with Gasteiger partial charge in [0.2, 0.25) is 0 Å².